The van der Waals surface area contributed by atoms with Gasteiger partial charge in [-0.25, -0.2) is 4.90 Å². The lowest BCUT2D eigenvalue weighted by molar-refractivity contribution is -0.119. The van der Waals surface area contributed by atoms with Gasteiger partial charge in [0.2, 0.25) is 0 Å². The number of nitrogens with zero attached hydrogens (tertiary/aromatic N) is 1. The molecule has 0 radical (unpaired) electrons. The summed E-state index contributed by atoms with van der Waals surface area (Å²) in [6, 6.07) is 21.5. The maximum atomic E-state index is 13.6. The lowest BCUT2D eigenvalue weighted by Gasteiger charge is -2.16. The van der Waals surface area contributed by atoms with Crippen LogP contribution in [0.15, 0.2) is 82.6 Å². The van der Waals surface area contributed by atoms with E-state index in [4.69, 9.17) is 14.2 Å². The Hall–Kier alpha value is -3.71. The van der Waals surface area contributed by atoms with Gasteiger partial charge in [-0.3, -0.25) is 9.59 Å². The van der Waals surface area contributed by atoms with Crippen LogP contribution < -0.4 is 19.1 Å². The van der Waals surface area contributed by atoms with Gasteiger partial charge >= 0.3 is 0 Å². The van der Waals surface area contributed by atoms with Crippen molar-refractivity contribution in [2.24, 2.45) is 0 Å². The van der Waals surface area contributed by atoms with E-state index < -0.39 is 5.91 Å². The van der Waals surface area contributed by atoms with Gasteiger partial charge in [0.15, 0.2) is 11.5 Å². The van der Waals surface area contributed by atoms with E-state index in [1.54, 1.807) is 56.7 Å². The smallest absolute Gasteiger partial charge is 0.272 e. The minimum Gasteiger partial charge on any atom is -0.497 e. The molecule has 0 N–H and O–H groups in total. The van der Waals surface area contributed by atoms with E-state index in [1.807, 2.05) is 30.3 Å². The Morgan fingerprint density at radius 1 is 0.719 bits per heavy atom. The average molecular weight is 448 g/mol. The lowest BCUT2D eigenvalue weighted by atomic mass is 10.1. The fourth-order valence-electron chi connectivity index (χ4n) is 3.42. The first-order valence-electron chi connectivity index (χ1n) is 9.79. The summed E-state index contributed by atoms with van der Waals surface area (Å²) in [4.78, 5) is 29.4. The highest BCUT2D eigenvalue weighted by Crippen LogP contribution is 2.43. The SMILES string of the molecule is COc1ccc(N2C(=O)C(Sc3ccccc3)=C(c3ccc(OC)c(OC)c3)C2=O)cc1. The first-order chi connectivity index (χ1) is 15.6. The summed E-state index contributed by atoms with van der Waals surface area (Å²) in [5, 5.41) is 0. The van der Waals surface area contributed by atoms with Crippen molar-refractivity contribution in [3.8, 4) is 17.2 Å². The largest absolute Gasteiger partial charge is 0.497 e. The first kappa shape index (κ1) is 21.5. The molecular weight excluding hydrogens is 426 g/mol. The second kappa shape index (κ2) is 9.20. The molecule has 4 rings (SSSR count). The molecule has 0 unspecified atom stereocenters. The minimum atomic E-state index is -0.397. The molecule has 6 nitrogen and oxygen atoms in total. The number of hydrogen-bond donors (Lipinski definition) is 0. The third-order valence-electron chi connectivity index (χ3n) is 5.01. The van der Waals surface area contributed by atoms with Crippen molar-refractivity contribution in [3.63, 3.8) is 0 Å². The zero-order valence-corrected chi connectivity index (χ0v) is 18.6. The van der Waals surface area contributed by atoms with Crippen LogP contribution in [0.4, 0.5) is 5.69 Å². The number of anilines is 1. The molecule has 1 aliphatic heterocycles. The Morgan fingerprint density at radius 2 is 1.41 bits per heavy atom. The van der Waals surface area contributed by atoms with Crippen molar-refractivity contribution in [3.05, 3.63) is 83.3 Å². The van der Waals surface area contributed by atoms with Crippen molar-refractivity contribution in [2.75, 3.05) is 26.2 Å². The normalized spacial score (nSPS) is 13.5. The molecule has 3 aromatic rings. The van der Waals surface area contributed by atoms with Gasteiger partial charge in [0.1, 0.15) is 5.75 Å². The molecule has 0 atom stereocenters. The maximum Gasteiger partial charge on any atom is 0.272 e. The number of benzene rings is 3. The fourth-order valence-corrected chi connectivity index (χ4v) is 4.44. The van der Waals surface area contributed by atoms with Crippen LogP contribution in [0.1, 0.15) is 5.56 Å². The Morgan fingerprint density at radius 3 is 2.03 bits per heavy atom. The summed E-state index contributed by atoms with van der Waals surface area (Å²) >= 11 is 1.27. The van der Waals surface area contributed by atoms with Gasteiger partial charge in [-0.2, -0.15) is 0 Å². The Labute approximate surface area is 190 Å². The van der Waals surface area contributed by atoms with Crippen LogP contribution in [0.2, 0.25) is 0 Å². The molecule has 1 aliphatic rings. The zero-order valence-electron chi connectivity index (χ0n) is 17.8. The number of ether oxygens (including phenoxy) is 3. The molecule has 7 heteroatoms. The molecule has 1 heterocycles. The molecule has 0 aliphatic carbocycles. The second-order valence-corrected chi connectivity index (χ2v) is 7.92. The van der Waals surface area contributed by atoms with Crippen LogP contribution >= 0.6 is 11.8 Å². The van der Waals surface area contributed by atoms with Gasteiger partial charge in [-0.1, -0.05) is 36.0 Å². The van der Waals surface area contributed by atoms with Crippen molar-refractivity contribution in [1.82, 2.24) is 0 Å². The van der Waals surface area contributed by atoms with Crippen LogP contribution in [0.25, 0.3) is 5.57 Å². The van der Waals surface area contributed by atoms with E-state index >= 15 is 0 Å². The number of methoxy groups -OCH3 is 3. The Balaban J connectivity index is 1.82. The summed E-state index contributed by atoms with van der Waals surface area (Å²) in [6.07, 6.45) is 0. The number of thioether (sulfide) groups is 1. The van der Waals surface area contributed by atoms with Crippen molar-refractivity contribution < 1.29 is 23.8 Å². The molecule has 0 spiro atoms. The predicted octanol–water partition coefficient (Wildman–Crippen LogP) is 4.79. The predicted molar refractivity (Wildman–Crippen MR) is 124 cm³/mol. The average Bonchev–Trinajstić information content (AvgIpc) is 3.08. The molecule has 32 heavy (non-hydrogen) atoms. The van der Waals surface area contributed by atoms with E-state index in [0.717, 1.165) is 4.90 Å². The van der Waals surface area contributed by atoms with Gasteiger partial charge in [-0.05, 0) is 54.1 Å². The van der Waals surface area contributed by atoms with E-state index in [0.29, 0.717) is 39.0 Å². The highest BCUT2D eigenvalue weighted by molar-refractivity contribution is 8.04. The summed E-state index contributed by atoms with van der Waals surface area (Å²) in [6.45, 7) is 0. The third-order valence-corrected chi connectivity index (χ3v) is 6.10. The lowest BCUT2D eigenvalue weighted by Crippen LogP contribution is -2.31. The monoisotopic (exact) mass is 447 g/mol. The Kier molecular flexibility index (Phi) is 6.18. The highest BCUT2D eigenvalue weighted by atomic mass is 32.2. The summed E-state index contributed by atoms with van der Waals surface area (Å²) < 4.78 is 15.9. The summed E-state index contributed by atoms with van der Waals surface area (Å²) in [7, 11) is 4.64. The number of amides is 2. The molecule has 0 saturated heterocycles. The van der Waals surface area contributed by atoms with Crippen LogP contribution in [-0.2, 0) is 9.59 Å². The van der Waals surface area contributed by atoms with Gasteiger partial charge in [0.05, 0.1) is 37.5 Å². The molecular formula is C25H21NO5S. The fraction of sp³-hybridized carbons (Fsp3) is 0.120. The molecule has 2 amide bonds. The zero-order chi connectivity index (χ0) is 22.7. The minimum absolute atomic E-state index is 0.320. The molecule has 162 valence electrons. The van der Waals surface area contributed by atoms with E-state index in [-0.39, 0.29) is 5.91 Å². The van der Waals surface area contributed by atoms with E-state index in [1.165, 1.54) is 23.8 Å². The van der Waals surface area contributed by atoms with E-state index in [9.17, 15) is 9.59 Å². The summed E-state index contributed by atoms with van der Waals surface area (Å²) in [5.74, 6) is 0.882. The van der Waals surface area contributed by atoms with Crippen LogP contribution in [-0.4, -0.2) is 33.1 Å². The molecule has 0 saturated carbocycles. The second-order valence-electron chi connectivity index (χ2n) is 6.83. The van der Waals surface area contributed by atoms with Crippen LogP contribution in [0.5, 0.6) is 17.2 Å². The van der Waals surface area contributed by atoms with Crippen molar-refractivity contribution in [2.45, 2.75) is 4.90 Å². The molecule has 0 aromatic heterocycles. The standard InChI is InChI=1S/C25H21NO5S/c1-29-18-12-10-17(11-13-18)26-24(27)22(16-9-14-20(30-2)21(15-16)31-3)23(25(26)28)32-19-7-5-4-6-8-19/h4-15H,1-3H3. The summed E-state index contributed by atoms with van der Waals surface area (Å²) in [5.41, 5.74) is 1.37. The molecule has 0 fully saturated rings. The maximum absolute atomic E-state index is 13.6. The number of rotatable bonds is 7. The van der Waals surface area contributed by atoms with Crippen molar-refractivity contribution >= 4 is 34.8 Å². The van der Waals surface area contributed by atoms with Gasteiger partial charge in [0, 0.05) is 4.90 Å². The van der Waals surface area contributed by atoms with Crippen molar-refractivity contribution in [1.29, 1.82) is 0 Å². The van der Waals surface area contributed by atoms with Gasteiger partial charge in [-0.15, -0.1) is 0 Å². The highest BCUT2D eigenvalue weighted by Gasteiger charge is 2.40. The number of carbonyl (C=O) groups is 2. The number of imide groups is 1. The third kappa shape index (κ3) is 3.94. The topological polar surface area (TPSA) is 65.1 Å². The van der Waals surface area contributed by atoms with Crippen LogP contribution in [0, 0.1) is 0 Å². The Bertz CT molecular complexity index is 1190. The van der Waals surface area contributed by atoms with Gasteiger partial charge in [0.25, 0.3) is 11.8 Å². The van der Waals surface area contributed by atoms with Crippen LogP contribution in [0.3, 0.4) is 0 Å². The number of carbonyl (C=O) groups excluding carboxylic acids is 2. The first-order valence-corrected chi connectivity index (χ1v) is 10.6. The molecule has 0 bridgehead atoms. The van der Waals surface area contributed by atoms with E-state index in [2.05, 4.69) is 0 Å². The quantitative estimate of drug-likeness (QED) is 0.485. The van der Waals surface area contributed by atoms with Gasteiger partial charge < -0.3 is 14.2 Å². The number of hydrogen-bond acceptors (Lipinski definition) is 6. The molecule has 3 aromatic carbocycles.